The summed E-state index contributed by atoms with van der Waals surface area (Å²) in [6, 6.07) is 11.3. The van der Waals surface area contributed by atoms with Crippen LogP contribution in [0.2, 0.25) is 0 Å². The fourth-order valence-corrected chi connectivity index (χ4v) is 3.98. The van der Waals surface area contributed by atoms with Crippen LogP contribution in [0.1, 0.15) is 29.5 Å². The molecular weight excluding hydrogens is 493 g/mol. The minimum atomic E-state index is -0.731. The topological polar surface area (TPSA) is 144 Å². The number of methoxy groups -OCH3 is 2. The van der Waals surface area contributed by atoms with E-state index in [1.54, 1.807) is 30.2 Å². The Morgan fingerprint density at radius 1 is 1.14 bits per heavy atom. The Labute approximate surface area is 217 Å². The van der Waals surface area contributed by atoms with Gasteiger partial charge in [0.05, 0.1) is 20.3 Å². The van der Waals surface area contributed by atoms with Crippen molar-refractivity contribution < 1.29 is 19.1 Å². The lowest BCUT2D eigenvalue weighted by molar-refractivity contribution is -0.139. The van der Waals surface area contributed by atoms with Crippen LogP contribution in [0.15, 0.2) is 42.5 Å². The molecule has 11 heteroatoms. The van der Waals surface area contributed by atoms with Gasteiger partial charge in [-0.15, -0.1) is 24.8 Å². The summed E-state index contributed by atoms with van der Waals surface area (Å²) in [6.07, 6.45) is 1.72. The first-order valence-electron chi connectivity index (χ1n) is 10.8. The molecule has 35 heavy (non-hydrogen) atoms. The third-order valence-electron chi connectivity index (χ3n) is 5.82. The van der Waals surface area contributed by atoms with Gasteiger partial charge >= 0.3 is 0 Å². The lowest BCUT2D eigenvalue weighted by Crippen LogP contribution is -2.51. The van der Waals surface area contributed by atoms with Crippen LogP contribution in [-0.2, 0) is 22.6 Å². The highest BCUT2D eigenvalue weighted by Crippen LogP contribution is 2.22. The Hall–Kier alpha value is -3.01. The summed E-state index contributed by atoms with van der Waals surface area (Å²) in [4.78, 5) is 27.5. The average molecular weight is 526 g/mol. The summed E-state index contributed by atoms with van der Waals surface area (Å²) in [5, 5.41) is 10.4. The molecule has 0 saturated carbocycles. The van der Waals surface area contributed by atoms with Crippen LogP contribution in [0.5, 0.6) is 11.5 Å². The summed E-state index contributed by atoms with van der Waals surface area (Å²) in [7, 11) is 3.12. The molecule has 0 bridgehead atoms. The van der Waals surface area contributed by atoms with Gasteiger partial charge in [0.25, 0.3) is 0 Å². The third-order valence-corrected chi connectivity index (χ3v) is 5.82. The summed E-state index contributed by atoms with van der Waals surface area (Å²) in [5.74, 6) is 0.753. The number of likely N-dealkylation sites (tertiary alicyclic amines) is 1. The van der Waals surface area contributed by atoms with Gasteiger partial charge < -0.3 is 31.2 Å². The number of amides is 2. The average Bonchev–Trinajstić information content (AvgIpc) is 3.32. The third kappa shape index (κ3) is 7.48. The maximum Gasteiger partial charge on any atom is 0.243 e. The molecule has 3 rings (SSSR count). The van der Waals surface area contributed by atoms with Gasteiger partial charge in [-0.25, -0.2) is 0 Å². The highest BCUT2D eigenvalue weighted by atomic mass is 35.5. The number of nitrogens with two attached hydrogens (primary N) is 2. The molecule has 2 atom stereocenters. The minimum Gasteiger partial charge on any atom is -0.497 e. The quantitative estimate of drug-likeness (QED) is 0.291. The molecule has 0 aromatic heterocycles. The van der Waals surface area contributed by atoms with E-state index >= 15 is 0 Å². The molecule has 1 aliphatic heterocycles. The molecule has 1 aliphatic rings. The van der Waals surface area contributed by atoms with Crippen molar-refractivity contribution >= 4 is 42.5 Å². The van der Waals surface area contributed by atoms with E-state index in [-0.39, 0.29) is 49.0 Å². The van der Waals surface area contributed by atoms with Crippen molar-refractivity contribution in [3.05, 3.63) is 59.2 Å². The molecule has 0 spiro atoms. The van der Waals surface area contributed by atoms with Crippen molar-refractivity contribution in [2.45, 2.75) is 37.9 Å². The molecule has 1 fully saturated rings. The molecule has 1 saturated heterocycles. The molecular formula is C24H33Cl2N5O4. The summed E-state index contributed by atoms with van der Waals surface area (Å²) in [5.41, 5.74) is 14.0. The molecule has 6 N–H and O–H groups in total. The monoisotopic (exact) mass is 525 g/mol. The predicted octanol–water partition coefficient (Wildman–Crippen LogP) is 2.01. The van der Waals surface area contributed by atoms with Gasteiger partial charge in [0.2, 0.25) is 11.8 Å². The number of hydrogen-bond donors (Lipinski definition) is 4. The molecule has 0 aliphatic carbocycles. The number of nitrogens with one attached hydrogen (secondary N) is 2. The summed E-state index contributed by atoms with van der Waals surface area (Å²) >= 11 is 0. The summed E-state index contributed by atoms with van der Waals surface area (Å²) in [6.45, 7) is 0.737. The number of amidine groups is 1. The largest absolute Gasteiger partial charge is 0.497 e. The first-order chi connectivity index (χ1) is 15.8. The number of rotatable bonds is 9. The highest BCUT2D eigenvalue weighted by molar-refractivity contribution is 5.95. The van der Waals surface area contributed by atoms with Crippen LogP contribution >= 0.6 is 24.8 Å². The lowest BCUT2D eigenvalue weighted by Gasteiger charge is -2.27. The second kappa shape index (κ2) is 13.8. The number of benzene rings is 2. The van der Waals surface area contributed by atoms with Crippen LogP contribution in [0.3, 0.4) is 0 Å². The maximum atomic E-state index is 13.0. The van der Waals surface area contributed by atoms with Crippen LogP contribution in [0, 0.1) is 5.41 Å². The maximum absolute atomic E-state index is 13.0. The van der Waals surface area contributed by atoms with Gasteiger partial charge in [-0.2, -0.15) is 0 Å². The zero-order chi connectivity index (χ0) is 24.0. The number of carbonyl (C=O) groups excluding carboxylic acids is 2. The number of carbonyl (C=O) groups is 2. The lowest BCUT2D eigenvalue weighted by atomic mass is 10.0. The van der Waals surface area contributed by atoms with Crippen molar-refractivity contribution in [3.63, 3.8) is 0 Å². The standard InChI is InChI=1S/C24H31N5O4.2ClH/c1-32-18-9-5-15(6-10-18)12-19(25)24(31)29-11-3-4-20(29)23(30)28-14-17-8-7-16(22(26)27)13-21(17)33-2;;/h5-10,13,19-20H,3-4,11-12,14,25H2,1-2H3,(H3,26,27)(H,28,30);2*1H/t19-,20+;;/m1../s1. The molecule has 2 aromatic carbocycles. The first kappa shape index (κ1) is 30.0. The molecule has 192 valence electrons. The van der Waals surface area contributed by atoms with Gasteiger partial charge in [0.15, 0.2) is 0 Å². The Balaban J connectivity index is 0.00000306. The van der Waals surface area contributed by atoms with E-state index < -0.39 is 12.1 Å². The molecule has 2 aromatic rings. The van der Waals surface area contributed by atoms with E-state index in [4.69, 9.17) is 26.4 Å². The Morgan fingerprint density at radius 2 is 1.83 bits per heavy atom. The molecule has 1 heterocycles. The van der Waals surface area contributed by atoms with Crippen molar-refractivity contribution in [1.29, 1.82) is 5.41 Å². The van der Waals surface area contributed by atoms with Crippen molar-refractivity contribution in [2.75, 3.05) is 20.8 Å². The molecule has 9 nitrogen and oxygen atoms in total. The summed E-state index contributed by atoms with van der Waals surface area (Å²) < 4.78 is 10.5. The van der Waals surface area contributed by atoms with Crippen LogP contribution < -0.4 is 26.3 Å². The fraction of sp³-hybridized carbons (Fsp3) is 0.375. The Morgan fingerprint density at radius 3 is 2.43 bits per heavy atom. The van der Waals surface area contributed by atoms with Gasteiger partial charge in [-0.3, -0.25) is 15.0 Å². The van der Waals surface area contributed by atoms with Crippen molar-refractivity contribution in [2.24, 2.45) is 11.5 Å². The normalized spacial score (nSPS) is 15.3. The van der Waals surface area contributed by atoms with E-state index in [0.717, 1.165) is 23.3 Å². The number of halogens is 2. The van der Waals surface area contributed by atoms with E-state index in [0.29, 0.717) is 30.7 Å². The zero-order valence-corrected chi connectivity index (χ0v) is 21.4. The number of ether oxygens (including phenoxy) is 2. The Bertz CT molecular complexity index is 1020. The SMILES string of the molecule is COc1ccc(C[C@@H](N)C(=O)N2CCC[C@H]2C(=O)NCc2ccc(C(=N)N)cc2OC)cc1.Cl.Cl. The van der Waals surface area contributed by atoms with E-state index in [9.17, 15) is 9.59 Å². The first-order valence-corrected chi connectivity index (χ1v) is 10.8. The minimum absolute atomic E-state index is 0. The van der Waals surface area contributed by atoms with Crippen molar-refractivity contribution in [3.8, 4) is 11.5 Å². The van der Waals surface area contributed by atoms with E-state index in [1.807, 2.05) is 24.3 Å². The van der Waals surface area contributed by atoms with Crippen LogP contribution in [-0.4, -0.2) is 55.4 Å². The highest BCUT2D eigenvalue weighted by Gasteiger charge is 2.36. The smallest absolute Gasteiger partial charge is 0.243 e. The zero-order valence-electron chi connectivity index (χ0n) is 19.8. The number of nitrogens with zero attached hydrogens (tertiary/aromatic N) is 1. The molecule has 2 amide bonds. The van der Waals surface area contributed by atoms with Gasteiger partial charge in [-0.05, 0) is 43.0 Å². The van der Waals surface area contributed by atoms with Crippen LogP contribution in [0.4, 0.5) is 0 Å². The predicted molar refractivity (Wildman–Crippen MR) is 140 cm³/mol. The number of hydrogen-bond acceptors (Lipinski definition) is 6. The van der Waals surface area contributed by atoms with Gasteiger partial charge in [0, 0.05) is 24.2 Å². The second-order valence-electron chi connectivity index (χ2n) is 8.01. The molecule has 0 unspecified atom stereocenters. The van der Waals surface area contributed by atoms with E-state index in [1.165, 1.54) is 7.11 Å². The second-order valence-corrected chi connectivity index (χ2v) is 8.01. The Kier molecular flexibility index (Phi) is 11.8. The van der Waals surface area contributed by atoms with Gasteiger partial charge in [-0.1, -0.05) is 24.3 Å². The molecule has 0 radical (unpaired) electrons. The fourth-order valence-electron chi connectivity index (χ4n) is 3.98. The number of nitrogen functional groups attached to an aromatic ring is 1. The van der Waals surface area contributed by atoms with Gasteiger partial charge in [0.1, 0.15) is 23.4 Å². The van der Waals surface area contributed by atoms with Crippen molar-refractivity contribution in [1.82, 2.24) is 10.2 Å². The van der Waals surface area contributed by atoms with E-state index in [2.05, 4.69) is 5.32 Å². The van der Waals surface area contributed by atoms with Crippen LogP contribution in [0.25, 0.3) is 0 Å².